The molecule has 0 bridgehead atoms. The van der Waals surface area contributed by atoms with Gasteiger partial charge in [0, 0.05) is 11.8 Å². The first-order valence-corrected chi connectivity index (χ1v) is 7.69. The van der Waals surface area contributed by atoms with Crippen molar-refractivity contribution >= 4 is 5.97 Å². The Kier molecular flexibility index (Phi) is 5.04. The number of carbonyl (C=O) groups is 1. The van der Waals surface area contributed by atoms with E-state index in [4.69, 9.17) is 4.74 Å². The molecule has 0 unspecified atom stereocenters. The number of hydrogen-bond acceptors (Lipinski definition) is 4. The maximum Gasteiger partial charge on any atom is 0.340 e. The standard InChI is InChI=1S/C20H16FNO3/c1-24-20(23)16-11-12-22-19(18(16)21)15-9-5-6-10-17(15)25-13-14-7-3-2-4-8-14/h2-12H,13H2,1H3. The van der Waals surface area contributed by atoms with E-state index in [0.717, 1.165) is 5.56 Å². The van der Waals surface area contributed by atoms with E-state index >= 15 is 0 Å². The zero-order valence-corrected chi connectivity index (χ0v) is 13.6. The zero-order chi connectivity index (χ0) is 17.6. The predicted octanol–water partition coefficient (Wildman–Crippen LogP) is 4.25. The highest BCUT2D eigenvalue weighted by Crippen LogP contribution is 2.31. The number of benzene rings is 2. The summed E-state index contributed by atoms with van der Waals surface area (Å²) in [7, 11) is 1.21. The Bertz CT molecular complexity index is 881. The molecular formula is C20H16FNO3. The van der Waals surface area contributed by atoms with Gasteiger partial charge in [0.1, 0.15) is 18.1 Å². The Labute approximate surface area is 144 Å². The maximum absolute atomic E-state index is 14.7. The number of halogens is 1. The number of aromatic nitrogens is 1. The Morgan fingerprint density at radius 2 is 1.76 bits per heavy atom. The molecule has 0 saturated heterocycles. The average Bonchev–Trinajstić information content (AvgIpc) is 2.67. The van der Waals surface area contributed by atoms with E-state index in [1.165, 1.54) is 19.4 Å². The van der Waals surface area contributed by atoms with Crippen LogP contribution >= 0.6 is 0 Å². The van der Waals surface area contributed by atoms with Crippen LogP contribution in [0.5, 0.6) is 5.75 Å². The van der Waals surface area contributed by atoms with Gasteiger partial charge in [-0.1, -0.05) is 42.5 Å². The van der Waals surface area contributed by atoms with Crippen molar-refractivity contribution in [2.24, 2.45) is 0 Å². The minimum atomic E-state index is -0.746. The normalized spacial score (nSPS) is 10.3. The van der Waals surface area contributed by atoms with Crippen molar-refractivity contribution in [1.29, 1.82) is 0 Å². The van der Waals surface area contributed by atoms with Crippen LogP contribution in [0.15, 0.2) is 66.9 Å². The number of carbonyl (C=O) groups excluding carboxylic acids is 1. The van der Waals surface area contributed by atoms with Crippen molar-refractivity contribution in [2.75, 3.05) is 7.11 Å². The minimum Gasteiger partial charge on any atom is -0.488 e. The van der Waals surface area contributed by atoms with Crippen LogP contribution in [0.1, 0.15) is 15.9 Å². The van der Waals surface area contributed by atoms with Crippen LogP contribution < -0.4 is 4.74 Å². The van der Waals surface area contributed by atoms with Crippen molar-refractivity contribution in [3.05, 3.63) is 83.8 Å². The first kappa shape index (κ1) is 16.6. The van der Waals surface area contributed by atoms with E-state index in [0.29, 0.717) is 17.9 Å². The Hall–Kier alpha value is -3.21. The summed E-state index contributed by atoms with van der Waals surface area (Å²) < 4.78 is 25.2. The van der Waals surface area contributed by atoms with Crippen molar-refractivity contribution in [3.8, 4) is 17.0 Å². The van der Waals surface area contributed by atoms with Gasteiger partial charge in [-0.3, -0.25) is 4.98 Å². The molecule has 0 aliphatic heterocycles. The number of para-hydroxylation sites is 1. The predicted molar refractivity (Wildman–Crippen MR) is 91.7 cm³/mol. The fourth-order valence-electron chi connectivity index (χ4n) is 2.42. The number of ether oxygens (including phenoxy) is 2. The van der Waals surface area contributed by atoms with E-state index in [2.05, 4.69) is 9.72 Å². The highest BCUT2D eigenvalue weighted by molar-refractivity contribution is 5.91. The van der Waals surface area contributed by atoms with E-state index in [1.54, 1.807) is 24.3 Å². The summed E-state index contributed by atoms with van der Waals surface area (Å²) in [5.74, 6) is -0.992. The van der Waals surface area contributed by atoms with Gasteiger partial charge < -0.3 is 9.47 Å². The van der Waals surface area contributed by atoms with Gasteiger partial charge in [0.2, 0.25) is 0 Å². The third-order valence-electron chi connectivity index (χ3n) is 3.67. The first-order chi connectivity index (χ1) is 12.2. The molecule has 0 N–H and O–H groups in total. The van der Waals surface area contributed by atoms with Crippen molar-refractivity contribution in [3.63, 3.8) is 0 Å². The lowest BCUT2D eigenvalue weighted by atomic mass is 10.1. The average molecular weight is 337 g/mol. The van der Waals surface area contributed by atoms with Crippen molar-refractivity contribution < 1.29 is 18.7 Å². The monoisotopic (exact) mass is 337 g/mol. The Morgan fingerprint density at radius 1 is 1.04 bits per heavy atom. The molecule has 3 rings (SSSR count). The van der Waals surface area contributed by atoms with Gasteiger partial charge in [-0.15, -0.1) is 0 Å². The van der Waals surface area contributed by atoms with Crippen LogP contribution in [0, 0.1) is 5.82 Å². The topological polar surface area (TPSA) is 48.4 Å². The number of nitrogens with zero attached hydrogens (tertiary/aromatic N) is 1. The number of methoxy groups -OCH3 is 1. The number of pyridine rings is 1. The van der Waals surface area contributed by atoms with Gasteiger partial charge in [-0.05, 0) is 23.8 Å². The molecule has 0 amide bonds. The summed E-state index contributed by atoms with van der Waals surface area (Å²) in [6.07, 6.45) is 1.37. The highest BCUT2D eigenvalue weighted by atomic mass is 19.1. The zero-order valence-electron chi connectivity index (χ0n) is 13.6. The maximum atomic E-state index is 14.7. The molecule has 0 radical (unpaired) electrons. The van der Waals surface area contributed by atoms with Gasteiger partial charge >= 0.3 is 5.97 Å². The highest BCUT2D eigenvalue weighted by Gasteiger charge is 2.19. The molecule has 126 valence electrons. The second-order valence-corrected chi connectivity index (χ2v) is 5.28. The van der Waals surface area contributed by atoms with Crippen LogP contribution in [0.2, 0.25) is 0 Å². The quantitative estimate of drug-likeness (QED) is 0.653. The molecule has 0 spiro atoms. The summed E-state index contributed by atoms with van der Waals surface area (Å²) >= 11 is 0. The van der Waals surface area contributed by atoms with Gasteiger partial charge in [0.15, 0.2) is 5.82 Å². The van der Waals surface area contributed by atoms with Crippen LogP contribution in [-0.4, -0.2) is 18.1 Å². The van der Waals surface area contributed by atoms with Gasteiger partial charge in [0.05, 0.1) is 12.7 Å². The lowest BCUT2D eigenvalue weighted by molar-refractivity contribution is 0.0595. The van der Waals surface area contributed by atoms with Crippen LogP contribution in [0.3, 0.4) is 0 Å². The molecule has 0 atom stereocenters. The fraction of sp³-hybridized carbons (Fsp3) is 0.100. The van der Waals surface area contributed by atoms with Crippen molar-refractivity contribution in [1.82, 2.24) is 4.98 Å². The van der Waals surface area contributed by atoms with E-state index < -0.39 is 11.8 Å². The summed E-state index contributed by atoms with van der Waals surface area (Å²) in [4.78, 5) is 15.8. The molecule has 3 aromatic rings. The van der Waals surface area contributed by atoms with E-state index in [-0.39, 0.29) is 11.3 Å². The van der Waals surface area contributed by atoms with E-state index in [9.17, 15) is 9.18 Å². The lowest BCUT2D eigenvalue weighted by Crippen LogP contribution is -2.07. The molecular weight excluding hydrogens is 321 g/mol. The first-order valence-electron chi connectivity index (χ1n) is 7.69. The summed E-state index contributed by atoms with van der Waals surface area (Å²) in [6.45, 7) is 0.343. The molecule has 1 heterocycles. The molecule has 4 nitrogen and oxygen atoms in total. The Balaban J connectivity index is 1.95. The van der Waals surface area contributed by atoms with Gasteiger partial charge in [-0.25, -0.2) is 9.18 Å². The van der Waals surface area contributed by atoms with Crippen LogP contribution in [0.4, 0.5) is 4.39 Å². The van der Waals surface area contributed by atoms with Crippen LogP contribution in [-0.2, 0) is 11.3 Å². The molecule has 0 aliphatic carbocycles. The summed E-state index contributed by atoms with van der Waals surface area (Å²) in [6, 6.07) is 17.9. The van der Waals surface area contributed by atoms with Gasteiger partial charge in [0.25, 0.3) is 0 Å². The largest absolute Gasteiger partial charge is 0.488 e. The Morgan fingerprint density at radius 3 is 2.52 bits per heavy atom. The third-order valence-corrected chi connectivity index (χ3v) is 3.67. The molecule has 5 heteroatoms. The van der Waals surface area contributed by atoms with E-state index in [1.807, 2.05) is 30.3 Å². The summed E-state index contributed by atoms with van der Waals surface area (Å²) in [5, 5.41) is 0. The SMILES string of the molecule is COC(=O)c1ccnc(-c2ccccc2OCc2ccccc2)c1F. The van der Waals surface area contributed by atoms with Crippen molar-refractivity contribution in [2.45, 2.75) is 6.61 Å². The smallest absolute Gasteiger partial charge is 0.340 e. The molecule has 1 aromatic heterocycles. The summed E-state index contributed by atoms with van der Waals surface area (Å²) in [5.41, 5.74) is 1.35. The second-order valence-electron chi connectivity index (χ2n) is 5.28. The number of rotatable bonds is 5. The number of esters is 1. The molecule has 2 aromatic carbocycles. The van der Waals surface area contributed by atoms with Gasteiger partial charge in [-0.2, -0.15) is 0 Å². The molecule has 0 fully saturated rings. The third kappa shape index (κ3) is 3.66. The minimum absolute atomic E-state index is 0.0477. The molecule has 25 heavy (non-hydrogen) atoms. The molecule has 0 aliphatic rings. The second kappa shape index (κ2) is 7.57. The number of hydrogen-bond donors (Lipinski definition) is 0. The molecule has 0 saturated carbocycles. The lowest BCUT2D eigenvalue weighted by Gasteiger charge is -2.12. The fourth-order valence-corrected chi connectivity index (χ4v) is 2.42. The van der Waals surface area contributed by atoms with Crippen LogP contribution in [0.25, 0.3) is 11.3 Å².